The number of carboxylic acids is 1. The van der Waals surface area contributed by atoms with E-state index in [1.165, 1.54) is 5.32 Å². The predicted molar refractivity (Wildman–Crippen MR) is 95.7 cm³/mol. The quantitative estimate of drug-likeness (QED) is 0.154. The summed E-state index contributed by atoms with van der Waals surface area (Å²) >= 11 is 0. The molecule has 0 aromatic heterocycles. The normalized spacial score (nSPS) is 11.6. The van der Waals surface area contributed by atoms with Crippen molar-refractivity contribution in [3.05, 3.63) is 93.6 Å². The van der Waals surface area contributed by atoms with Crippen LogP contribution in [0.4, 0.5) is 55.3 Å². The van der Waals surface area contributed by atoms with Crippen LogP contribution >= 0.6 is 0 Å². The van der Waals surface area contributed by atoms with Gasteiger partial charge < -0.3 is 10.4 Å². The molecule has 3 rings (SSSR count). The summed E-state index contributed by atoms with van der Waals surface area (Å²) in [7, 11) is 0. The largest absolute Gasteiger partial charge is 0.478 e. The fourth-order valence-electron chi connectivity index (χ4n) is 2.67. The van der Waals surface area contributed by atoms with Crippen molar-refractivity contribution in [1.29, 1.82) is 0 Å². The molecule has 3 aromatic carbocycles. The molecule has 0 radical (unpaired) electrons. The Hall–Kier alpha value is -4.10. The van der Waals surface area contributed by atoms with E-state index in [2.05, 4.69) is 4.99 Å². The van der Waals surface area contributed by atoms with E-state index < -0.39 is 92.5 Å². The lowest BCUT2D eigenvalue weighted by Gasteiger charge is -2.15. The lowest BCUT2D eigenvalue weighted by molar-refractivity contribution is 0.0696. The second-order valence-electron chi connectivity index (χ2n) is 6.30. The van der Waals surface area contributed by atoms with Gasteiger partial charge in [-0.2, -0.15) is 0 Å². The minimum atomic E-state index is -2.57. The molecule has 0 unspecified atom stereocenters. The Bertz CT molecular complexity index is 1320. The Balaban J connectivity index is 2.38. The van der Waals surface area contributed by atoms with Gasteiger partial charge in [0.05, 0.1) is 5.56 Å². The second-order valence-corrected chi connectivity index (χ2v) is 6.30. The van der Waals surface area contributed by atoms with Gasteiger partial charge in [0.1, 0.15) is 17.2 Å². The third kappa shape index (κ3) is 4.02. The second kappa shape index (κ2) is 9.03. The van der Waals surface area contributed by atoms with Crippen LogP contribution < -0.4 is 5.32 Å². The van der Waals surface area contributed by atoms with Crippen LogP contribution in [0.2, 0.25) is 0 Å². The van der Waals surface area contributed by atoms with E-state index >= 15 is 0 Å². The Morgan fingerprint density at radius 2 is 1.00 bits per heavy atom. The first-order valence-corrected chi connectivity index (χ1v) is 8.59. The van der Waals surface area contributed by atoms with Crippen molar-refractivity contribution in [2.45, 2.75) is 0 Å². The molecule has 0 atom stereocenters. The van der Waals surface area contributed by atoms with Gasteiger partial charge in [0.15, 0.2) is 46.5 Å². The van der Waals surface area contributed by atoms with Gasteiger partial charge in [0, 0.05) is 5.56 Å². The van der Waals surface area contributed by atoms with Gasteiger partial charge in [-0.05, 0) is 6.07 Å². The maximum absolute atomic E-state index is 14.1. The highest BCUT2D eigenvalue weighted by molar-refractivity contribution is 6.14. The summed E-state index contributed by atoms with van der Waals surface area (Å²) in [5.41, 5.74) is -5.36. The number of hydrogen-bond donors (Lipinski definition) is 2. The van der Waals surface area contributed by atoms with E-state index in [1.807, 2.05) is 0 Å². The number of rotatable bonds is 4. The Morgan fingerprint density at radius 1 is 0.618 bits per heavy atom. The summed E-state index contributed by atoms with van der Waals surface area (Å²) in [6.45, 7) is 0. The number of nitrogens with zero attached hydrogens (tertiary/aromatic N) is 1. The van der Waals surface area contributed by atoms with Crippen molar-refractivity contribution in [3.63, 3.8) is 0 Å². The van der Waals surface area contributed by atoms with Crippen LogP contribution in [0.25, 0.3) is 0 Å². The van der Waals surface area contributed by atoms with Crippen LogP contribution in [0.15, 0.2) is 29.3 Å². The third-order valence-electron chi connectivity index (χ3n) is 4.28. The number of carbonyl (C=O) groups is 1. The first-order chi connectivity index (χ1) is 15.9. The van der Waals surface area contributed by atoms with Gasteiger partial charge in [0.2, 0.25) is 11.6 Å². The molecule has 0 spiro atoms. The smallest absolute Gasteiger partial charge is 0.336 e. The Kier molecular flexibility index (Phi) is 6.52. The summed E-state index contributed by atoms with van der Waals surface area (Å²) < 4.78 is 137. The molecular formula is C20H6F10N2O2. The summed E-state index contributed by atoms with van der Waals surface area (Å²) in [6, 6.07) is 3.83. The van der Waals surface area contributed by atoms with Crippen LogP contribution in [0, 0.1) is 58.2 Å². The van der Waals surface area contributed by atoms with E-state index in [0.29, 0.717) is 0 Å². The topological polar surface area (TPSA) is 61.7 Å². The molecule has 0 saturated heterocycles. The number of nitrogens with one attached hydrogen (secondary N) is 1. The number of hydrogen-bond acceptors (Lipinski definition) is 2. The average Bonchev–Trinajstić information content (AvgIpc) is 2.83. The van der Waals surface area contributed by atoms with Crippen molar-refractivity contribution >= 4 is 23.2 Å². The molecule has 0 heterocycles. The summed E-state index contributed by atoms with van der Waals surface area (Å²) in [4.78, 5) is 14.6. The van der Waals surface area contributed by atoms with Crippen molar-refractivity contribution in [3.8, 4) is 0 Å². The zero-order valence-electron chi connectivity index (χ0n) is 15.9. The summed E-state index contributed by atoms with van der Waals surface area (Å²) in [6.07, 6.45) is 0. The van der Waals surface area contributed by atoms with Crippen LogP contribution in [-0.4, -0.2) is 16.9 Å². The molecule has 0 aliphatic heterocycles. The first-order valence-electron chi connectivity index (χ1n) is 8.59. The lowest BCUT2D eigenvalue weighted by atomic mass is 10.1. The van der Waals surface area contributed by atoms with Crippen LogP contribution in [0.5, 0.6) is 0 Å². The highest BCUT2D eigenvalue weighted by atomic mass is 19.2. The van der Waals surface area contributed by atoms with Gasteiger partial charge >= 0.3 is 5.97 Å². The lowest BCUT2D eigenvalue weighted by Crippen LogP contribution is -2.21. The monoisotopic (exact) mass is 496 g/mol. The van der Waals surface area contributed by atoms with E-state index in [0.717, 1.165) is 24.3 Å². The molecule has 0 aliphatic rings. The molecule has 178 valence electrons. The van der Waals surface area contributed by atoms with E-state index in [4.69, 9.17) is 0 Å². The molecule has 34 heavy (non-hydrogen) atoms. The number of anilines is 1. The fraction of sp³-hybridized carbons (Fsp3) is 0. The zero-order valence-corrected chi connectivity index (χ0v) is 15.9. The fourth-order valence-corrected chi connectivity index (χ4v) is 2.67. The van der Waals surface area contributed by atoms with Crippen LogP contribution in [-0.2, 0) is 0 Å². The van der Waals surface area contributed by atoms with E-state index in [1.54, 1.807) is 0 Å². The molecule has 2 N–H and O–H groups in total. The molecule has 4 nitrogen and oxygen atoms in total. The SMILES string of the molecule is O=C(O)c1ccccc1C(=Nc1c(F)c(F)c(F)c(F)c1F)Nc1c(F)c(F)c(F)c(F)c1F. The summed E-state index contributed by atoms with van der Waals surface area (Å²) in [5, 5.41) is 10.8. The molecule has 0 saturated carbocycles. The highest BCUT2D eigenvalue weighted by Gasteiger charge is 2.30. The maximum Gasteiger partial charge on any atom is 0.336 e. The minimum Gasteiger partial charge on any atom is -0.478 e. The minimum absolute atomic E-state index is 0.775. The molecule has 14 heteroatoms. The number of carboxylic acid groups (broad SMARTS) is 1. The standard InChI is InChI=1S/C20H6F10N2O2/c21-7-9(23)13(27)17(14(28)10(7)24)31-19(5-3-1-2-4-6(5)20(33)34)32-18-15(29)11(25)8(22)12(26)16(18)30/h1-4H,(H,31,32)(H,33,34). The highest BCUT2D eigenvalue weighted by Crippen LogP contribution is 2.32. The maximum atomic E-state index is 14.1. The van der Waals surface area contributed by atoms with E-state index in [9.17, 15) is 53.8 Å². The first kappa shape index (κ1) is 24.5. The van der Waals surface area contributed by atoms with Crippen LogP contribution in [0.3, 0.4) is 0 Å². The number of amidine groups is 1. The predicted octanol–water partition coefficient (Wildman–Crippen LogP) is 5.97. The van der Waals surface area contributed by atoms with Gasteiger partial charge in [-0.3, -0.25) is 0 Å². The number of aliphatic imine (C=N–C) groups is 1. The van der Waals surface area contributed by atoms with Crippen molar-refractivity contribution < 1.29 is 53.8 Å². The van der Waals surface area contributed by atoms with Gasteiger partial charge in [-0.15, -0.1) is 0 Å². The average molecular weight is 496 g/mol. The van der Waals surface area contributed by atoms with Crippen molar-refractivity contribution in [2.75, 3.05) is 5.32 Å². The molecular weight excluding hydrogens is 490 g/mol. The molecule has 0 bridgehead atoms. The molecule has 0 fully saturated rings. The van der Waals surface area contributed by atoms with E-state index in [-0.39, 0.29) is 0 Å². The van der Waals surface area contributed by atoms with Crippen molar-refractivity contribution in [2.24, 2.45) is 4.99 Å². The third-order valence-corrected chi connectivity index (χ3v) is 4.28. The van der Waals surface area contributed by atoms with Gasteiger partial charge in [0.25, 0.3) is 0 Å². The van der Waals surface area contributed by atoms with Gasteiger partial charge in [-0.25, -0.2) is 53.7 Å². The Labute approximate surface area is 181 Å². The summed E-state index contributed by atoms with van der Waals surface area (Å²) in [5.74, 6) is -28.1. The molecule has 0 aliphatic carbocycles. The van der Waals surface area contributed by atoms with Gasteiger partial charge in [-0.1, -0.05) is 18.2 Å². The zero-order chi connectivity index (χ0) is 25.5. The van der Waals surface area contributed by atoms with Crippen LogP contribution in [0.1, 0.15) is 15.9 Å². The molecule has 0 amide bonds. The number of aromatic carboxylic acids is 1. The Morgan fingerprint density at radius 3 is 1.44 bits per heavy atom. The van der Waals surface area contributed by atoms with Crippen molar-refractivity contribution in [1.82, 2.24) is 0 Å². The number of halogens is 10. The number of benzene rings is 3. The molecule has 3 aromatic rings.